The van der Waals surface area contributed by atoms with Gasteiger partial charge in [0.1, 0.15) is 11.4 Å². The lowest BCUT2D eigenvalue weighted by Crippen LogP contribution is -2.51. The second-order valence-corrected chi connectivity index (χ2v) is 8.67. The van der Waals surface area contributed by atoms with Gasteiger partial charge in [-0.2, -0.15) is 0 Å². The fourth-order valence-corrected chi connectivity index (χ4v) is 5.01. The van der Waals surface area contributed by atoms with Crippen LogP contribution in [0, 0.1) is 0 Å². The van der Waals surface area contributed by atoms with Gasteiger partial charge < -0.3 is 14.4 Å². The molecule has 3 aromatic rings. The van der Waals surface area contributed by atoms with Crippen LogP contribution >= 0.6 is 11.6 Å². The van der Waals surface area contributed by atoms with Crippen molar-refractivity contribution in [2.75, 3.05) is 19.7 Å². The molecule has 1 spiro atoms. The second-order valence-electron chi connectivity index (χ2n) is 8.30. The molecule has 0 saturated carbocycles. The number of pyridine rings is 1. The number of benzene rings is 2. The van der Waals surface area contributed by atoms with Crippen LogP contribution in [-0.2, 0) is 11.2 Å². The van der Waals surface area contributed by atoms with Crippen molar-refractivity contribution in [1.29, 1.82) is 0 Å². The molecule has 0 N–H and O–H groups in total. The SMILES string of the molecule is CCOC(=O)N1CCC2(CCc3cc(-c4ccc5cccnc5c4Cl)ccc3O2)CC1. The Bertz CT molecular complexity index is 1140. The summed E-state index contributed by atoms with van der Waals surface area (Å²) in [5.41, 5.74) is 3.89. The van der Waals surface area contributed by atoms with Gasteiger partial charge in [0, 0.05) is 43.1 Å². The van der Waals surface area contributed by atoms with Gasteiger partial charge in [0.05, 0.1) is 17.1 Å². The highest BCUT2D eigenvalue weighted by atomic mass is 35.5. The van der Waals surface area contributed by atoms with E-state index in [1.54, 1.807) is 11.1 Å². The van der Waals surface area contributed by atoms with Gasteiger partial charge in [-0.05, 0) is 49.1 Å². The third kappa shape index (κ3) is 3.72. The maximum Gasteiger partial charge on any atom is 0.409 e. The van der Waals surface area contributed by atoms with Crippen LogP contribution in [0.1, 0.15) is 31.7 Å². The molecular formula is C25H25ClN2O3. The molecule has 3 heterocycles. The zero-order valence-electron chi connectivity index (χ0n) is 17.6. The fraction of sp³-hybridized carbons (Fsp3) is 0.360. The number of carbonyl (C=O) groups excluding carboxylic acids is 1. The molecule has 2 aromatic carbocycles. The van der Waals surface area contributed by atoms with Crippen LogP contribution < -0.4 is 4.74 Å². The lowest BCUT2D eigenvalue weighted by Gasteiger charge is -2.44. The molecule has 2 aliphatic heterocycles. The number of hydrogen-bond acceptors (Lipinski definition) is 4. The third-order valence-corrected chi connectivity index (χ3v) is 6.84. The summed E-state index contributed by atoms with van der Waals surface area (Å²) in [6.07, 6.45) is 5.11. The van der Waals surface area contributed by atoms with Crippen LogP contribution in [0.5, 0.6) is 5.75 Å². The van der Waals surface area contributed by atoms with E-state index >= 15 is 0 Å². The Labute approximate surface area is 186 Å². The predicted molar refractivity (Wildman–Crippen MR) is 122 cm³/mol. The summed E-state index contributed by atoms with van der Waals surface area (Å²) >= 11 is 6.70. The molecule has 6 heteroatoms. The molecule has 0 atom stereocenters. The molecule has 1 aromatic heterocycles. The lowest BCUT2D eigenvalue weighted by atomic mass is 9.82. The molecule has 0 aliphatic carbocycles. The highest BCUT2D eigenvalue weighted by Crippen LogP contribution is 2.42. The highest BCUT2D eigenvalue weighted by Gasteiger charge is 2.40. The van der Waals surface area contributed by atoms with Crippen molar-refractivity contribution >= 4 is 28.6 Å². The fourth-order valence-electron chi connectivity index (χ4n) is 4.68. The van der Waals surface area contributed by atoms with Gasteiger partial charge in [0.2, 0.25) is 0 Å². The first-order valence-corrected chi connectivity index (χ1v) is 11.2. The number of halogens is 1. The van der Waals surface area contributed by atoms with E-state index < -0.39 is 0 Å². The zero-order chi connectivity index (χ0) is 21.4. The van der Waals surface area contributed by atoms with E-state index in [4.69, 9.17) is 21.1 Å². The Hall–Kier alpha value is -2.79. The summed E-state index contributed by atoms with van der Waals surface area (Å²) < 4.78 is 11.7. The minimum absolute atomic E-state index is 0.192. The average molecular weight is 437 g/mol. The van der Waals surface area contributed by atoms with Crippen molar-refractivity contribution < 1.29 is 14.3 Å². The number of rotatable bonds is 2. The van der Waals surface area contributed by atoms with Crippen molar-refractivity contribution in [2.45, 2.75) is 38.2 Å². The number of likely N-dealkylation sites (tertiary alicyclic amines) is 1. The number of nitrogens with zero attached hydrogens (tertiary/aromatic N) is 2. The van der Waals surface area contributed by atoms with Crippen molar-refractivity contribution in [2.24, 2.45) is 0 Å². The Balaban J connectivity index is 1.36. The number of carbonyl (C=O) groups is 1. The molecule has 1 amide bonds. The summed E-state index contributed by atoms with van der Waals surface area (Å²) in [7, 11) is 0. The third-order valence-electron chi connectivity index (χ3n) is 6.46. The maximum atomic E-state index is 12.0. The summed E-state index contributed by atoms with van der Waals surface area (Å²) in [6.45, 7) is 3.59. The number of amides is 1. The van der Waals surface area contributed by atoms with Gasteiger partial charge in [-0.15, -0.1) is 0 Å². The molecule has 31 heavy (non-hydrogen) atoms. The molecule has 0 unspecified atom stereocenters. The van der Waals surface area contributed by atoms with Crippen molar-refractivity contribution in [1.82, 2.24) is 9.88 Å². The number of aryl methyl sites for hydroxylation is 1. The number of fused-ring (bicyclic) bond motifs is 2. The largest absolute Gasteiger partial charge is 0.487 e. The zero-order valence-corrected chi connectivity index (χ0v) is 18.3. The summed E-state index contributed by atoms with van der Waals surface area (Å²) in [4.78, 5) is 18.2. The molecule has 5 rings (SSSR count). The summed E-state index contributed by atoms with van der Waals surface area (Å²) in [6, 6.07) is 14.4. The molecule has 0 bridgehead atoms. The maximum absolute atomic E-state index is 12.0. The first-order valence-electron chi connectivity index (χ1n) is 10.9. The number of piperidine rings is 1. The van der Waals surface area contributed by atoms with E-state index in [1.165, 1.54) is 5.56 Å². The predicted octanol–water partition coefficient (Wildman–Crippen LogP) is 5.87. The topological polar surface area (TPSA) is 51.7 Å². The van der Waals surface area contributed by atoms with Crippen LogP contribution in [0.2, 0.25) is 5.02 Å². The first-order chi connectivity index (χ1) is 15.1. The molecule has 1 fully saturated rings. The van der Waals surface area contributed by atoms with Gasteiger partial charge >= 0.3 is 6.09 Å². The molecule has 5 nitrogen and oxygen atoms in total. The van der Waals surface area contributed by atoms with Crippen LogP contribution in [0.4, 0.5) is 4.79 Å². The normalized spacial score (nSPS) is 17.3. The quantitative estimate of drug-likeness (QED) is 0.504. The summed E-state index contributed by atoms with van der Waals surface area (Å²) in [5.74, 6) is 0.939. The highest BCUT2D eigenvalue weighted by molar-refractivity contribution is 6.37. The van der Waals surface area contributed by atoms with Crippen LogP contribution in [0.25, 0.3) is 22.0 Å². The van der Waals surface area contributed by atoms with E-state index in [0.717, 1.165) is 53.5 Å². The van der Waals surface area contributed by atoms with Crippen LogP contribution in [0.3, 0.4) is 0 Å². The van der Waals surface area contributed by atoms with Gasteiger partial charge in [-0.1, -0.05) is 35.9 Å². The summed E-state index contributed by atoms with van der Waals surface area (Å²) in [5, 5.41) is 1.71. The Kier molecular flexibility index (Phi) is 5.22. The molecular weight excluding hydrogens is 412 g/mol. The van der Waals surface area contributed by atoms with E-state index in [9.17, 15) is 4.79 Å². The Morgan fingerprint density at radius 1 is 1.19 bits per heavy atom. The van der Waals surface area contributed by atoms with Crippen LogP contribution in [0.15, 0.2) is 48.7 Å². The minimum Gasteiger partial charge on any atom is -0.487 e. The molecule has 0 radical (unpaired) electrons. The van der Waals surface area contributed by atoms with Crippen LogP contribution in [-0.4, -0.2) is 41.3 Å². The Morgan fingerprint density at radius 2 is 2.03 bits per heavy atom. The van der Waals surface area contributed by atoms with Crippen molar-refractivity contribution in [3.8, 4) is 16.9 Å². The smallest absolute Gasteiger partial charge is 0.409 e. The van der Waals surface area contributed by atoms with E-state index in [1.807, 2.05) is 19.1 Å². The lowest BCUT2D eigenvalue weighted by molar-refractivity contribution is -0.0138. The average Bonchev–Trinajstić information content (AvgIpc) is 2.80. The standard InChI is InChI=1S/C25H25ClN2O3/c1-2-30-24(29)28-14-11-25(12-15-28)10-9-19-16-18(6-8-21(19)31-25)20-7-5-17-4-3-13-27-23(17)22(20)26/h3-8,13,16H,2,9-12,14-15H2,1H3. The Morgan fingerprint density at radius 3 is 2.84 bits per heavy atom. The second kappa shape index (κ2) is 8.04. The van der Waals surface area contributed by atoms with E-state index in [0.29, 0.717) is 24.7 Å². The molecule has 160 valence electrons. The van der Waals surface area contributed by atoms with E-state index in [-0.39, 0.29) is 11.7 Å². The van der Waals surface area contributed by atoms with E-state index in [2.05, 4.69) is 35.3 Å². The van der Waals surface area contributed by atoms with Gasteiger partial charge in [0.25, 0.3) is 0 Å². The molecule has 1 saturated heterocycles. The van der Waals surface area contributed by atoms with Crippen molar-refractivity contribution in [3.05, 3.63) is 59.2 Å². The minimum atomic E-state index is -0.222. The number of ether oxygens (including phenoxy) is 2. The van der Waals surface area contributed by atoms with Gasteiger partial charge in [-0.3, -0.25) is 4.98 Å². The first kappa shape index (κ1) is 20.1. The van der Waals surface area contributed by atoms with Crippen molar-refractivity contribution in [3.63, 3.8) is 0 Å². The number of hydrogen-bond donors (Lipinski definition) is 0. The number of aromatic nitrogens is 1. The monoisotopic (exact) mass is 436 g/mol. The van der Waals surface area contributed by atoms with Gasteiger partial charge in [0.15, 0.2) is 0 Å². The van der Waals surface area contributed by atoms with Gasteiger partial charge in [-0.25, -0.2) is 4.79 Å². The molecule has 2 aliphatic rings.